The Hall–Kier alpha value is -2.96. The molecule has 142 valence electrons. The average molecular weight is 374 g/mol. The van der Waals surface area contributed by atoms with E-state index in [1.165, 1.54) is 12.8 Å². The number of nitrogens with two attached hydrogens (primary N) is 1. The van der Waals surface area contributed by atoms with Gasteiger partial charge >= 0.3 is 0 Å². The lowest BCUT2D eigenvalue weighted by molar-refractivity contribution is -0.0938. The molecule has 2 aliphatic rings. The van der Waals surface area contributed by atoms with Crippen LogP contribution in [0.1, 0.15) is 36.8 Å². The molecule has 1 saturated carbocycles. The summed E-state index contributed by atoms with van der Waals surface area (Å²) in [5, 5.41) is 20.7. The number of anilines is 2. The lowest BCUT2D eigenvalue weighted by Gasteiger charge is -2.24. The number of benzene rings is 2. The van der Waals surface area contributed by atoms with Gasteiger partial charge in [-0.05, 0) is 60.9 Å². The predicted molar refractivity (Wildman–Crippen MR) is 109 cm³/mol. The first-order valence-corrected chi connectivity index (χ1v) is 9.67. The molecule has 0 spiro atoms. The summed E-state index contributed by atoms with van der Waals surface area (Å²) in [6, 6.07) is 13.8. The molecule has 0 saturated heterocycles. The maximum atomic E-state index is 10.7. The van der Waals surface area contributed by atoms with Gasteiger partial charge in [0.2, 0.25) is 0 Å². The molecule has 1 aromatic heterocycles. The Morgan fingerprint density at radius 2 is 1.96 bits per heavy atom. The van der Waals surface area contributed by atoms with Crippen molar-refractivity contribution < 1.29 is 10.0 Å². The van der Waals surface area contributed by atoms with Crippen molar-refractivity contribution in [1.82, 2.24) is 10.2 Å². The molecule has 0 amide bonds. The lowest BCUT2D eigenvalue weighted by Crippen LogP contribution is -2.28. The number of fused-ring (bicyclic) bond motifs is 2. The van der Waals surface area contributed by atoms with Gasteiger partial charge in [0, 0.05) is 10.9 Å². The van der Waals surface area contributed by atoms with Gasteiger partial charge in [0.15, 0.2) is 0 Å². The molecule has 0 radical (unpaired) electrons. The fourth-order valence-electron chi connectivity index (χ4n) is 3.92. The van der Waals surface area contributed by atoms with Crippen LogP contribution in [0.5, 0.6) is 0 Å². The summed E-state index contributed by atoms with van der Waals surface area (Å²) in [6.07, 6.45) is 7.92. The minimum Gasteiger partial charge on any atom is -0.397 e. The fraction of sp³-hybridized carbons (Fsp3) is 0.273. The highest BCUT2D eigenvalue weighted by Gasteiger charge is 2.34. The molecule has 28 heavy (non-hydrogen) atoms. The van der Waals surface area contributed by atoms with Crippen LogP contribution in [-0.2, 0) is 4.84 Å². The Morgan fingerprint density at radius 3 is 2.82 bits per heavy atom. The maximum absolute atomic E-state index is 10.7. The van der Waals surface area contributed by atoms with Crippen LogP contribution in [0.4, 0.5) is 11.4 Å². The zero-order chi connectivity index (χ0) is 19.1. The molecular weight excluding hydrogens is 352 g/mol. The maximum Gasteiger partial charge on any atom is 0.102 e. The monoisotopic (exact) mass is 374 g/mol. The fourth-order valence-corrected chi connectivity index (χ4v) is 3.92. The Balaban J connectivity index is 1.63. The van der Waals surface area contributed by atoms with Crippen LogP contribution < -0.4 is 11.0 Å². The topological polar surface area (TPSA) is 84.5 Å². The molecule has 1 aliphatic heterocycles. The number of hydrogen-bond donors (Lipinski definition) is 2. The van der Waals surface area contributed by atoms with Crippen LogP contribution >= 0.6 is 0 Å². The first kappa shape index (κ1) is 17.2. The molecule has 3 aromatic rings. The molecule has 5 rings (SSSR count). The van der Waals surface area contributed by atoms with Crippen LogP contribution in [-0.4, -0.2) is 21.5 Å². The SMILES string of the molecule is Nc1cnnc2cc(C3=CCCC(C4CC4)ON(O)c4ccccc43)ccc12. The Labute approximate surface area is 163 Å². The van der Waals surface area contributed by atoms with Gasteiger partial charge in [-0.1, -0.05) is 30.3 Å². The van der Waals surface area contributed by atoms with E-state index in [0.29, 0.717) is 17.3 Å². The molecule has 3 N–H and O–H groups in total. The van der Waals surface area contributed by atoms with E-state index in [2.05, 4.69) is 16.3 Å². The third-order valence-electron chi connectivity index (χ3n) is 5.57. The summed E-state index contributed by atoms with van der Waals surface area (Å²) < 4.78 is 0. The van der Waals surface area contributed by atoms with Crippen molar-refractivity contribution in [2.24, 2.45) is 5.92 Å². The Kier molecular flexibility index (Phi) is 4.22. The Bertz CT molecular complexity index is 1060. The quantitative estimate of drug-likeness (QED) is 0.694. The Morgan fingerprint density at radius 1 is 1.11 bits per heavy atom. The molecule has 2 aromatic carbocycles. The zero-order valence-corrected chi connectivity index (χ0v) is 15.5. The standard InChI is InChI=1S/C22H22N4O2/c23-19-13-24-25-20-12-15(10-11-18(19)20)16-5-3-7-22(14-8-9-14)28-26(27)21-6-2-1-4-17(16)21/h1-2,4-6,10-14,22,27H,3,7-9H2,(H2,23,25). The average Bonchev–Trinajstić information content (AvgIpc) is 3.55. The summed E-state index contributed by atoms with van der Waals surface area (Å²) in [7, 11) is 0. The van der Waals surface area contributed by atoms with E-state index in [0.717, 1.165) is 45.7 Å². The third kappa shape index (κ3) is 3.10. The highest BCUT2D eigenvalue weighted by atomic mass is 16.9. The van der Waals surface area contributed by atoms with E-state index in [9.17, 15) is 5.21 Å². The second-order valence-electron chi connectivity index (χ2n) is 7.50. The molecule has 6 heteroatoms. The number of nitrogen functional groups attached to an aromatic ring is 1. The van der Waals surface area contributed by atoms with E-state index >= 15 is 0 Å². The van der Waals surface area contributed by atoms with Gasteiger partial charge in [0.1, 0.15) is 5.69 Å². The van der Waals surface area contributed by atoms with Crippen molar-refractivity contribution >= 4 is 27.9 Å². The van der Waals surface area contributed by atoms with Crippen LogP contribution in [0.3, 0.4) is 0 Å². The van der Waals surface area contributed by atoms with Crippen molar-refractivity contribution in [2.45, 2.75) is 31.8 Å². The second-order valence-corrected chi connectivity index (χ2v) is 7.50. The summed E-state index contributed by atoms with van der Waals surface area (Å²) in [5.41, 5.74) is 11.0. The number of allylic oxidation sites excluding steroid dienone is 1. The molecule has 0 bridgehead atoms. The van der Waals surface area contributed by atoms with Gasteiger partial charge in [0.25, 0.3) is 0 Å². The minimum absolute atomic E-state index is 0.0379. The van der Waals surface area contributed by atoms with E-state index in [-0.39, 0.29) is 6.10 Å². The third-order valence-corrected chi connectivity index (χ3v) is 5.57. The normalized spacial score (nSPS) is 20.1. The van der Waals surface area contributed by atoms with Gasteiger partial charge in [-0.2, -0.15) is 10.2 Å². The minimum atomic E-state index is 0.0379. The lowest BCUT2D eigenvalue weighted by atomic mass is 9.94. The van der Waals surface area contributed by atoms with E-state index in [1.54, 1.807) is 6.20 Å². The largest absolute Gasteiger partial charge is 0.397 e. The number of rotatable bonds is 2. The predicted octanol–water partition coefficient (Wildman–Crippen LogP) is 4.34. The number of nitrogens with zero attached hydrogens (tertiary/aromatic N) is 3. The van der Waals surface area contributed by atoms with E-state index < -0.39 is 0 Å². The molecule has 2 heterocycles. The van der Waals surface area contributed by atoms with Gasteiger partial charge in [-0.3, -0.25) is 5.21 Å². The van der Waals surface area contributed by atoms with E-state index in [1.807, 2.05) is 42.5 Å². The van der Waals surface area contributed by atoms with Crippen molar-refractivity contribution in [3.8, 4) is 0 Å². The van der Waals surface area contributed by atoms with Crippen molar-refractivity contribution in [3.05, 3.63) is 65.9 Å². The van der Waals surface area contributed by atoms with Gasteiger partial charge in [-0.25, -0.2) is 4.84 Å². The number of aromatic nitrogens is 2. The smallest absolute Gasteiger partial charge is 0.102 e. The highest BCUT2D eigenvalue weighted by molar-refractivity contribution is 5.94. The molecule has 1 aliphatic carbocycles. The van der Waals surface area contributed by atoms with Crippen LogP contribution in [0, 0.1) is 5.92 Å². The first-order chi connectivity index (χ1) is 13.7. The first-order valence-electron chi connectivity index (χ1n) is 9.67. The van der Waals surface area contributed by atoms with Crippen molar-refractivity contribution in [3.63, 3.8) is 0 Å². The summed E-state index contributed by atoms with van der Waals surface area (Å²) in [6.45, 7) is 0. The summed E-state index contributed by atoms with van der Waals surface area (Å²) in [4.78, 5) is 5.91. The highest BCUT2D eigenvalue weighted by Crippen LogP contribution is 2.40. The van der Waals surface area contributed by atoms with Gasteiger partial charge in [-0.15, -0.1) is 5.23 Å². The second kappa shape index (κ2) is 6.89. The molecular formula is C22H22N4O2. The van der Waals surface area contributed by atoms with Crippen molar-refractivity contribution in [1.29, 1.82) is 0 Å². The van der Waals surface area contributed by atoms with Crippen LogP contribution in [0.25, 0.3) is 16.5 Å². The van der Waals surface area contributed by atoms with Gasteiger partial charge < -0.3 is 5.73 Å². The zero-order valence-electron chi connectivity index (χ0n) is 15.5. The molecule has 6 nitrogen and oxygen atoms in total. The summed E-state index contributed by atoms with van der Waals surface area (Å²) >= 11 is 0. The molecule has 1 unspecified atom stereocenters. The van der Waals surface area contributed by atoms with Crippen LogP contribution in [0.15, 0.2) is 54.7 Å². The molecule has 1 atom stereocenters. The van der Waals surface area contributed by atoms with Gasteiger partial charge in [0.05, 0.1) is 23.5 Å². The van der Waals surface area contributed by atoms with Crippen LogP contribution in [0.2, 0.25) is 0 Å². The number of hydrogen-bond acceptors (Lipinski definition) is 6. The van der Waals surface area contributed by atoms with E-state index in [4.69, 9.17) is 10.6 Å². The molecule has 1 fully saturated rings. The van der Waals surface area contributed by atoms with Crippen molar-refractivity contribution in [2.75, 3.05) is 11.0 Å². The number of para-hydroxylation sites is 1. The summed E-state index contributed by atoms with van der Waals surface area (Å²) in [5.74, 6) is 0.538.